The molecule has 1 aromatic carbocycles. The molecule has 21 heavy (non-hydrogen) atoms. The van der Waals surface area contributed by atoms with E-state index in [9.17, 15) is 8.42 Å². The second-order valence-electron chi connectivity index (χ2n) is 4.67. The Bertz CT molecular complexity index is 681. The van der Waals surface area contributed by atoms with Crippen LogP contribution in [0.3, 0.4) is 0 Å². The third-order valence-corrected chi connectivity index (χ3v) is 4.62. The molecule has 2 rings (SSSR count). The number of imidazole rings is 1. The smallest absolute Gasteiger partial charge is 0.240 e. The van der Waals surface area contributed by atoms with Crippen LogP contribution >= 0.6 is 0 Å². The van der Waals surface area contributed by atoms with E-state index in [-0.39, 0.29) is 11.4 Å². The largest absolute Gasteiger partial charge is 0.347 e. The Morgan fingerprint density at radius 3 is 2.67 bits per heavy atom. The molecule has 1 heterocycles. The summed E-state index contributed by atoms with van der Waals surface area (Å²) in [6, 6.07) is 5.23. The van der Waals surface area contributed by atoms with Gasteiger partial charge >= 0.3 is 0 Å². The van der Waals surface area contributed by atoms with Crippen molar-refractivity contribution in [3.05, 3.63) is 47.5 Å². The molecule has 0 amide bonds. The van der Waals surface area contributed by atoms with Gasteiger partial charge in [-0.3, -0.25) is 0 Å². The van der Waals surface area contributed by atoms with Gasteiger partial charge in [0.25, 0.3) is 0 Å². The molecule has 0 bridgehead atoms. The molecule has 0 radical (unpaired) electrons. The number of aromatic amines is 1. The molecule has 0 spiro atoms. The van der Waals surface area contributed by atoms with E-state index in [1.165, 1.54) is 0 Å². The number of nitrogens with one attached hydrogen (secondary N) is 3. The highest BCUT2D eigenvalue weighted by molar-refractivity contribution is 7.89. The van der Waals surface area contributed by atoms with Crippen LogP contribution in [-0.2, 0) is 29.5 Å². The normalized spacial score (nSPS) is 11.7. The fraction of sp³-hybridized carbons (Fsp3) is 0.357. The maximum absolute atomic E-state index is 12.3. The number of hydrogen-bond acceptors (Lipinski definition) is 4. The average Bonchev–Trinajstić information content (AvgIpc) is 2.99. The number of hydrogen-bond donors (Lipinski definition) is 3. The zero-order chi connectivity index (χ0) is 15.3. The molecule has 114 valence electrons. The van der Waals surface area contributed by atoms with Gasteiger partial charge in [0.15, 0.2) is 0 Å². The van der Waals surface area contributed by atoms with Crippen LogP contribution in [0.25, 0.3) is 0 Å². The van der Waals surface area contributed by atoms with E-state index in [1.54, 1.807) is 24.5 Å². The first-order chi connectivity index (χ1) is 10.1. The lowest BCUT2D eigenvalue weighted by Crippen LogP contribution is -2.24. The van der Waals surface area contributed by atoms with E-state index in [1.807, 2.05) is 13.1 Å². The number of rotatable bonds is 7. The summed E-state index contributed by atoms with van der Waals surface area (Å²) in [6.45, 7) is 2.84. The quantitative estimate of drug-likeness (QED) is 0.716. The van der Waals surface area contributed by atoms with Gasteiger partial charge in [0.2, 0.25) is 10.0 Å². The topological polar surface area (TPSA) is 86.9 Å². The van der Waals surface area contributed by atoms with Gasteiger partial charge in [-0.05, 0) is 36.7 Å². The van der Waals surface area contributed by atoms with Gasteiger partial charge in [0.05, 0.1) is 11.4 Å². The fourth-order valence-electron chi connectivity index (χ4n) is 2.11. The highest BCUT2D eigenvalue weighted by Gasteiger charge is 2.16. The van der Waals surface area contributed by atoms with Gasteiger partial charge in [-0.15, -0.1) is 0 Å². The first-order valence-electron chi connectivity index (χ1n) is 6.81. The van der Waals surface area contributed by atoms with Crippen molar-refractivity contribution in [3.63, 3.8) is 0 Å². The van der Waals surface area contributed by atoms with E-state index in [0.29, 0.717) is 12.4 Å². The van der Waals surface area contributed by atoms with Gasteiger partial charge in [0, 0.05) is 18.9 Å². The van der Waals surface area contributed by atoms with Crippen LogP contribution in [0.2, 0.25) is 0 Å². The highest BCUT2D eigenvalue weighted by atomic mass is 32.2. The molecule has 1 aromatic heterocycles. The van der Waals surface area contributed by atoms with Crippen molar-refractivity contribution in [2.24, 2.45) is 0 Å². The molecular formula is C14H20N4O2S. The minimum Gasteiger partial charge on any atom is -0.347 e. The van der Waals surface area contributed by atoms with Crippen molar-refractivity contribution in [1.82, 2.24) is 20.0 Å². The number of aryl methyl sites for hydroxylation is 1. The molecule has 2 aromatic rings. The predicted octanol–water partition coefficient (Wildman–Crippen LogP) is 1.17. The molecule has 0 aliphatic rings. The third kappa shape index (κ3) is 3.90. The van der Waals surface area contributed by atoms with E-state index < -0.39 is 10.0 Å². The van der Waals surface area contributed by atoms with E-state index in [0.717, 1.165) is 17.5 Å². The average molecular weight is 308 g/mol. The van der Waals surface area contributed by atoms with Crippen LogP contribution in [0.4, 0.5) is 0 Å². The van der Waals surface area contributed by atoms with Crippen molar-refractivity contribution < 1.29 is 8.42 Å². The van der Waals surface area contributed by atoms with Crippen molar-refractivity contribution in [3.8, 4) is 0 Å². The standard InChI is InChI=1S/C14H20N4O2S/c1-3-11-4-5-13(8-12(11)9-15-2)21(19,20)18-10-14-16-6-7-17-14/h4-8,15,18H,3,9-10H2,1-2H3,(H,16,17). The molecule has 0 fully saturated rings. The Balaban J connectivity index is 2.20. The maximum Gasteiger partial charge on any atom is 0.240 e. The molecule has 0 saturated heterocycles. The molecule has 0 aliphatic heterocycles. The van der Waals surface area contributed by atoms with Crippen LogP contribution in [0.5, 0.6) is 0 Å². The van der Waals surface area contributed by atoms with E-state index >= 15 is 0 Å². The monoisotopic (exact) mass is 308 g/mol. The Kier molecular flexibility index (Phi) is 5.11. The van der Waals surface area contributed by atoms with E-state index in [2.05, 4.69) is 26.9 Å². The number of nitrogens with zero attached hydrogens (tertiary/aromatic N) is 1. The van der Waals surface area contributed by atoms with Gasteiger partial charge in [0.1, 0.15) is 5.82 Å². The highest BCUT2D eigenvalue weighted by Crippen LogP contribution is 2.17. The van der Waals surface area contributed by atoms with Crippen molar-refractivity contribution >= 4 is 10.0 Å². The number of benzene rings is 1. The van der Waals surface area contributed by atoms with Gasteiger partial charge in [-0.25, -0.2) is 18.1 Å². The summed E-state index contributed by atoms with van der Waals surface area (Å²) in [6.07, 6.45) is 4.12. The first-order valence-corrected chi connectivity index (χ1v) is 8.29. The predicted molar refractivity (Wildman–Crippen MR) is 81.2 cm³/mol. The molecule has 0 unspecified atom stereocenters. The summed E-state index contributed by atoms with van der Waals surface area (Å²) in [7, 11) is -1.70. The molecule has 3 N–H and O–H groups in total. The van der Waals surface area contributed by atoms with E-state index in [4.69, 9.17) is 0 Å². The lowest BCUT2D eigenvalue weighted by atomic mass is 10.1. The van der Waals surface area contributed by atoms with Crippen LogP contribution in [-0.4, -0.2) is 25.4 Å². The molecule has 0 aliphatic carbocycles. The maximum atomic E-state index is 12.3. The summed E-state index contributed by atoms with van der Waals surface area (Å²) in [4.78, 5) is 7.13. The van der Waals surface area contributed by atoms with Crippen LogP contribution in [0.15, 0.2) is 35.5 Å². The minimum atomic E-state index is -3.54. The summed E-state index contributed by atoms with van der Waals surface area (Å²) in [5, 5.41) is 3.06. The zero-order valence-electron chi connectivity index (χ0n) is 12.2. The van der Waals surface area contributed by atoms with Gasteiger partial charge in [-0.2, -0.15) is 0 Å². The number of H-pyrrole nitrogens is 1. The number of sulfonamides is 1. The van der Waals surface area contributed by atoms with Crippen LogP contribution < -0.4 is 10.0 Å². The van der Waals surface area contributed by atoms with Crippen molar-refractivity contribution in [1.29, 1.82) is 0 Å². The van der Waals surface area contributed by atoms with Crippen LogP contribution in [0, 0.1) is 0 Å². The molecule has 0 atom stereocenters. The zero-order valence-corrected chi connectivity index (χ0v) is 13.0. The fourth-order valence-corrected chi connectivity index (χ4v) is 3.15. The third-order valence-electron chi connectivity index (χ3n) is 3.22. The minimum absolute atomic E-state index is 0.145. The van der Waals surface area contributed by atoms with Crippen molar-refractivity contribution in [2.45, 2.75) is 31.3 Å². The Hall–Kier alpha value is -1.70. The Morgan fingerprint density at radius 2 is 2.05 bits per heavy atom. The Labute approximate surface area is 125 Å². The number of aromatic nitrogens is 2. The van der Waals surface area contributed by atoms with Crippen LogP contribution in [0.1, 0.15) is 23.9 Å². The Morgan fingerprint density at radius 1 is 1.24 bits per heavy atom. The SMILES string of the molecule is CCc1ccc(S(=O)(=O)NCc2ncc[nH]2)cc1CNC. The second-order valence-corrected chi connectivity index (χ2v) is 6.44. The second kappa shape index (κ2) is 6.84. The first kappa shape index (κ1) is 15.7. The molecule has 6 nitrogen and oxygen atoms in total. The lowest BCUT2D eigenvalue weighted by Gasteiger charge is -2.11. The molecular weight excluding hydrogens is 288 g/mol. The van der Waals surface area contributed by atoms with Gasteiger partial charge in [-0.1, -0.05) is 13.0 Å². The summed E-state index contributed by atoms with van der Waals surface area (Å²) < 4.78 is 27.2. The summed E-state index contributed by atoms with van der Waals surface area (Å²) in [5.41, 5.74) is 2.15. The molecule has 0 saturated carbocycles. The summed E-state index contributed by atoms with van der Waals surface area (Å²) >= 11 is 0. The summed E-state index contributed by atoms with van der Waals surface area (Å²) in [5.74, 6) is 0.583. The lowest BCUT2D eigenvalue weighted by molar-refractivity contribution is 0.579. The molecule has 7 heteroatoms. The van der Waals surface area contributed by atoms with Gasteiger partial charge < -0.3 is 10.3 Å². The van der Waals surface area contributed by atoms with Crippen molar-refractivity contribution in [2.75, 3.05) is 7.05 Å².